The first-order valence-electron chi connectivity index (χ1n) is 5.69. The smallest absolute Gasteiger partial charge is 0.266 e. The summed E-state index contributed by atoms with van der Waals surface area (Å²) in [5.74, 6) is 1.05. The van der Waals surface area contributed by atoms with Gasteiger partial charge in [0.2, 0.25) is 0 Å². The fourth-order valence-electron chi connectivity index (χ4n) is 2.00. The molecule has 84 valence electrons. The van der Waals surface area contributed by atoms with Crippen LogP contribution in [0.2, 0.25) is 0 Å². The van der Waals surface area contributed by atoms with Crippen LogP contribution in [0.15, 0.2) is 10.9 Å². The fraction of sp³-hybridized carbons (Fsp3) is 0.500. The Bertz CT molecular complexity index is 593. The molecule has 0 saturated heterocycles. The quantitative estimate of drug-likeness (QED) is 0.868. The van der Waals surface area contributed by atoms with Crippen LogP contribution in [-0.4, -0.2) is 10.2 Å². The third-order valence-electron chi connectivity index (χ3n) is 3.04. The van der Waals surface area contributed by atoms with E-state index in [1.54, 1.807) is 11.3 Å². The highest BCUT2D eigenvalue weighted by molar-refractivity contribution is 7.19. The number of fused-ring (bicyclic) bond motifs is 1. The number of rotatable bonds is 2. The Hall–Kier alpha value is -1.16. The Labute approximate surface area is 97.5 Å². The molecule has 4 heteroatoms. The Morgan fingerprint density at radius 1 is 1.50 bits per heavy atom. The van der Waals surface area contributed by atoms with Crippen molar-refractivity contribution in [1.29, 1.82) is 0 Å². The second kappa shape index (κ2) is 3.42. The largest absolute Gasteiger partial charge is 0.282 e. The van der Waals surface area contributed by atoms with Crippen molar-refractivity contribution >= 4 is 21.4 Å². The van der Waals surface area contributed by atoms with Crippen molar-refractivity contribution in [1.82, 2.24) is 10.2 Å². The highest BCUT2D eigenvalue weighted by Gasteiger charge is 2.26. The van der Waals surface area contributed by atoms with Gasteiger partial charge >= 0.3 is 0 Å². The molecule has 2 heterocycles. The van der Waals surface area contributed by atoms with Crippen molar-refractivity contribution in [2.24, 2.45) is 0 Å². The highest BCUT2D eigenvalue weighted by Crippen LogP contribution is 2.45. The minimum atomic E-state index is -0.0451. The molecule has 1 fully saturated rings. The third kappa shape index (κ3) is 1.48. The second-order valence-corrected chi connectivity index (χ2v) is 5.84. The van der Waals surface area contributed by atoms with Gasteiger partial charge in [-0.3, -0.25) is 4.79 Å². The molecule has 0 unspecified atom stereocenters. The number of H-pyrrole nitrogens is 1. The molecule has 0 amide bonds. The zero-order valence-electron chi connectivity index (χ0n) is 9.41. The monoisotopic (exact) mass is 234 g/mol. The summed E-state index contributed by atoms with van der Waals surface area (Å²) in [6.07, 6.45) is 2.55. The first-order chi connectivity index (χ1) is 7.66. The summed E-state index contributed by atoms with van der Waals surface area (Å²) in [4.78, 5) is 13.1. The van der Waals surface area contributed by atoms with Gasteiger partial charge in [-0.15, -0.1) is 11.3 Å². The molecule has 0 aliphatic heterocycles. The van der Waals surface area contributed by atoms with Gasteiger partial charge in [0.25, 0.3) is 5.56 Å². The molecule has 2 aromatic heterocycles. The Morgan fingerprint density at radius 3 is 2.88 bits per heavy atom. The topological polar surface area (TPSA) is 45.8 Å². The molecule has 0 bridgehead atoms. The van der Waals surface area contributed by atoms with Crippen molar-refractivity contribution < 1.29 is 0 Å². The number of nitrogens with one attached hydrogen (secondary N) is 1. The first kappa shape index (κ1) is 10.0. The van der Waals surface area contributed by atoms with Crippen LogP contribution in [0.4, 0.5) is 0 Å². The van der Waals surface area contributed by atoms with E-state index in [0.29, 0.717) is 11.8 Å². The van der Waals surface area contributed by atoms with Gasteiger partial charge in [-0.25, -0.2) is 5.10 Å². The average Bonchev–Trinajstić information content (AvgIpc) is 2.98. The zero-order valence-corrected chi connectivity index (χ0v) is 10.2. The molecule has 0 aromatic carbocycles. The summed E-state index contributed by atoms with van der Waals surface area (Å²) in [5.41, 5.74) is 0.967. The molecule has 1 aliphatic carbocycles. The highest BCUT2D eigenvalue weighted by atomic mass is 32.1. The number of aromatic amines is 1. The summed E-state index contributed by atoms with van der Waals surface area (Å²) in [6, 6.07) is 2.18. The lowest BCUT2D eigenvalue weighted by atomic mass is 10.1. The van der Waals surface area contributed by atoms with Crippen molar-refractivity contribution in [3.8, 4) is 0 Å². The van der Waals surface area contributed by atoms with E-state index in [9.17, 15) is 4.79 Å². The average molecular weight is 234 g/mol. The van der Waals surface area contributed by atoms with Crippen LogP contribution in [0.3, 0.4) is 0 Å². The molecule has 1 saturated carbocycles. The molecule has 1 N–H and O–H groups in total. The van der Waals surface area contributed by atoms with Crippen LogP contribution >= 0.6 is 11.3 Å². The van der Waals surface area contributed by atoms with Crippen LogP contribution < -0.4 is 5.56 Å². The summed E-state index contributed by atoms with van der Waals surface area (Å²) in [7, 11) is 0. The van der Waals surface area contributed by atoms with Gasteiger partial charge in [-0.05, 0) is 30.7 Å². The molecular formula is C12H14N2OS. The van der Waals surface area contributed by atoms with E-state index in [-0.39, 0.29) is 5.56 Å². The summed E-state index contributed by atoms with van der Waals surface area (Å²) >= 11 is 1.64. The third-order valence-corrected chi connectivity index (χ3v) is 4.33. The molecule has 1 aliphatic rings. The minimum Gasteiger partial charge on any atom is -0.266 e. The molecular weight excluding hydrogens is 220 g/mol. The van der Waals surface area contributed by atoms with Gasteiger partial charge in [0.05, 0.1) is 5.69 Å². The Balaban J connectivity index is 2.29. The van der Waals surface area contributed by atoms with Crippen LogP contribution in [0.1, 0.15) is 49.1 Å². The van der Waals surface area contributed by atoms with Crippen LogP contribution in [0, 0.1) is 0 Å². The van der Waals surface area contributed by atoms with Gasteiger partial charge < -0.3 is 0 Å². The lowest BCUT2D eigenvalue weighted by Gasteiger charge is -2.03. The molecule has 3 rings (SSSR count). The summed E-state index contributed by atoms with van der Waals surface area (Å²) < 4.78 is 0.848. The van der Waals surface area contributed by atoms with Crippen molar-refractivity contribution in [3.05, 3.63) is 27.0 Å². The number of hydrogen-bond donors (Lipinski definition) is 1. The molecule has 0 spiro atoms. The Morgan fingerprint density at radius 2 is 2.25 bits per heavy atom. The summed E-state index contributed by atoms with van der Waals surface area (Å²) in [5, 5.41) is 7.83. The number of nitrogens with zero attached hydrogens (tertiary/aromatic N) is 1. The van der Waals surface area contributed by atoms with E-state index in [1.807, 2.05) is 0 Å². The van der Waals surface area contributed by atoms with Crippen LogP contribution in [0.25, 0.3) is 10.1 Å². The first-order valence-corrected chi connectivity index (χ1v) is 6.50. The van der Waals surface area contributed by atoms with E-state index in [1.165, 1.54) is 17.7 Å². The van der Waals surface area contributed by atoms with E-state index in [2.05, 4.69) is 30.1 Å². The van der Waals surface area contributed by atoms with Gasteiger partial charge in [0.1, 0.15) is 4.70 Å². The SMILES string of the molecule is CC(C)c1n[nH]c(=O)c2sc(C3CC3)cc12. The fourth-order valence-corrected chi connectivity index (χ4v) is 3.23. The molecule has 0 radical (unpaired) electrons. The van der Waals surface area contributed by atoms with Crippen molar-refractivity contribution in [2.75, 3.05) is 0 Å². The number of aromatic nitrogens is 2. The molecule has 2 aromatic rings. The maximum Gasteiger partial charge on any atom is 0.282 e. The molecule has 0 atom stereocenters. The molecule has 3 nitrogen and oxygen atoms in total. The van der Waals surface area contributed by atoms with Gasteiger partial charge in [-0.2, -0.15) is 5.10 Å². The minimum absolute atomic E-state index is 0.0451. The predicted octanol–water partition coefficient (Wildman–Crippen LogP) is 2.99. The standard InChI is InChI=1S/C12H14N2OS/c1-6(2)10-8-5-9(7-3-4-7)16-11(8)12(15)14-13-10/h5-7H,3-4H2,1-2H3,(H,14,15). The van der Waals surface area contributed by atoms with Gasteiger partial charge in [0, 0.05) is 10.3 Å². The maximum absolute atomic E-state index is 11.7. The lowest BCUT2D eigenvalue weighted by Crippen LogP contribution is -2.09. The number of thiophene rings is 1. The second-order valence-electron chi connectivity index (χ2n) is 4.76. The van der Waals surface area contributed by atoms with Gasteiger partial charge in [-0.1, -0.05) is 13.8 Å². The van der Waals surface area contributed by atoms with Gasteiger partial charge in [0.15, 0.2) is 0 Å². The van der Waals surface area contributed by atoms with E-state index in [4.69, 9.17) is 0 Å². The van der Waals surface area contributed by atoms with Crippen molar-refractivity contribution in [2.45, 2.75) is 38.5 Å². The predicted molar refractivity (Wildman–Crippen MR) is 66.3 cm³/mol. The van der Waals surface area contributed by atoms with E-state index >= 15 is 0 Å². The van der Waals surface area contributed by atoms with Crippen LogP contribution in [-0.2, 0) is 0 Å². The normalized spacial score (nSPS) is 16.2. The Kier molecular flexibility index (Phi) is 2.14. The zero-order chi connectivity index (χ0) is 11.3. The maximum atomic E-state index is 11.7. The van der Waals surface area contributed by atoms with Crippen LogP contribution in [0.5, 0.6) is 0 Å². The lowest BCUT2D eigenvalue weighted by molar-refractivity contribution is 0.793. The summed E-state index contributed by atoms with van der Waals surface area (Å²) in [6.45, 7) is 4.21. The van der Waals surface area contributed by atoms with E-state index in [0.717, 1.165) is 15.8 Å². The number of hydrogen-bond acceptors (Lipinski definition) is 3. The van der Waals surface area contributed by atoms with Crippen molar-refractivity contribution in [3.63, 3.8) is 0 Å². The molecule has 16 heavy (non-hydrogen) atoms. The van der Waals surface area contributed by atoms with E-state index < -0.39 is 0 Å².